The maximum absolute atomic E-state index is 11.5. The Hall–Kier alpha value is -2.84. The first-order valence-corrected chi connectivity index (χ1v) is 6.78. The molecular formula is C17H13NO4. The maximum Gasteiger partial charge on any atom is 0.203 e. The number of fused-ring (bicyclic) bond motifs is 1. The minimum atomic E-state index is -0.802. The molecule has 3 rings (SSSR count). The number of aliphatic hydroxyl groups is 1. The van der Waals surface area contributed by atoms with Crippen LogP contribution in [0.4, 0.5) is 0 Å². The molecule has 1 aliphatic heterocycles. The van der Waals surface area contributed by atoms with Crippen LogP contribution < -0.4 is 9.47 Å². The van der Waals surface area contributed by atoms with E-state index in [0.29, 0.717) is 28.2 Å². The molecule has 2 aromatic carbocycles. The Morgan fingerprint density at radius 1 is 1.27 bits per heavy atom. The lowest BCUT2D eigenvalue weighted by atomic mass is 10.1. The normalized spacial score (nSPS) is 13.9. The molecule has 1 aliphatic rings. The van der Waals surface area contributed by atoms with Crippen LogP contribution in [0.15, 0.2) is 42.5 Å². The van der Waals surface area contributed by atoms with Crippen molar-refractivity contribution >= 4 is 5.78 Å². The molecular weight excluding hydrogens is 282 g/mol. The number of hydrogen-bond acceptors (Lipinski definition) is 5. The molecule has 1 heterocycles. The van der Waals surface area contributed by atoms with Gasteiger partial charge in [0.05, 0.1) is 17.2 Å². The highest BCUT2D eigenvalue weighted by atomic mass is 16.5. The molecule has 0 amide bonds. The van der Waals surface area contributed by atoms with Gasteiger partial charge in [-0.3, -0.25) is 4.79 Å². The summed E-state index contributed by atoms with van der Waals surface area (Å²) < 4.78 is 10.8. The molecule has 1 N–H and O–H groups in total. The molecule has 110 valence electrons. The number of hydrogen-bond donors (Lipinski definition) is 1. The van der Waals surface area contributed by atoms with Crippen LogP contribution in [0.1, 0.15) is 27.6 Å². The van der Waals surface area contributed by atoms with E-state index in [-0.39, 0.29) is 19.0 Å². The zero-order chi connectivity index (χ0) is 15.5. The minimum absolute atomic E-state index is 0.0424. The predicted octanol–water partition coefficient (Wildman–Crippen LogP) is 2.25. The highest BCUT2D eigenvalue weighted by Crippen LogP contribution is 2.30. The van der Waals surface area contributed by atoms with Gasteiger partial charge in [-0.15, -0.1) is 0 Å². The van der Waals surface area contributed by atoms with Gasteiger partial charge in [0.1, 0.15) is 24.2 Å². The lowest BCUT2D eigenvalue weighted by Gasteiger charge is -2.13. The van der Waals surface area contributed by atoms with E-state index in [4.69, 9.17) is 14.7 Å². The maximum atomic E-state index is 11.5. The summed E-state index contributed by atoms with van der Waals surface area (Å²) in [4.78, 5) is 11.5. The van der Waals surface area contributed by atoms with E-state index < -0.39 is 6.10 Å². The fourth-order valence-electron chi connectivity index (χ4n) is 2.21. The number of ketones is 1. The Balaban J connectivity index is 1.64. The fraction of sp³-hybridized carbons (Fsp3) is 0.176. The van der Waals surface area contributed by atoms with E-state index in [1.807, 2.05) is 6.07 Å². The van der Waals surface area contributed by atoms with Gasteiger partial charge in [0, 0.05) is 6.07 Å². The average Bonchev–Trinajstić information content (AvgIpc) is 2.93. The van der Waals surface area contributed by atoms with Crippen LogP contribution in [0.2, 0.25) is 0 Å². The summed E-state index contributed by atoms with van der Waals surface area (Å²) in [5, 5.41) is 18.8. The SMILES string of the molecule is N#Cc1ccc(C(O)COc2ccc3c(c2)OCC3=O)cc1. The number of Topliss-reactive ketones (excluding diaryl/α,β-unsaturated/α-hetero) is 1. The van der Waals surface area contributed by atoms with E-state index >= 15 is 0 Å². The lowest BCUT2D eigenvalue weighted by Crippen LogP contribution is -2.09. The first-order valence-electron chi connectivity index (χ1n) is 6.78. The van der Waals surface area contributed by atoms with Crippen molar-refractivity contribution in [2.75, 3.05) is 13.2 Å². The van der Waals surface area contributed by atoms with Crippen LogP contribution in [0, 0.1) is 11.3 Å². The third-order valence-corrected chi connectivity index (χ3v) is 3.44. The number of carbonyl (C=O) groups is 1. The molecule has 1 atom stereocenters. The highest BCUT2D eigenvalue weighted by molar-refractivity contribution is 6.02. The van der Waals surface area contributed by atoms with Crippen LogP contribution in [0.25, 0.3) is 0 Å². The molecule has 1 unspecified atom stereocenters. The van der Waals surface area contributed by atoms with E-state index in [9.17, 15) is 9.90 Å². The van der Waals surface area contributed by atoms with Crippen molar-refractivity contribution in [3.8, 4) is 17.6 Å². The second-order valence-corrected chi connectivity index (χ2v) is 4.93. The van der Waals surface area contributed by atoms with E-state index in [0.717, 1.165) is 0 Å². The summed E-state index contributed by atoms with van der Waals surface area (Å²) in [5.74, 6) is 0.996. The van der Waals surface area contributed by atoms with Gasteiger partial charge in [-0.25, -0.2) is 0 Å². The molecule has 0 radical (unpaired) electrons. The van der Waals surface area contributed by atoms with Gasteiger partial charge in [-0.1, -0.05) is 12.1 Å². The molecule has 0 spiro atoms. The number of benzene rings is 2. The summed E-state index contributed by atoms with van der Waals surface area (Å²) >= 11 is 0. The van der Waals surface area contributed by atoms with Crippen molar-refractivity contribution in [2.24, 2.45) is 0 Å². The van der Waals surface area contributed by atoms with Gasteiger partial charge in [0.25, 0.3) is 0 Å². The number of rotatable bonds is 4. The van der Waals surface area contributed by atoms with Gasteiger partial charge in [0.15, 0.2) is 6.61 Å². The Morgan fingerprint density at radius 2 is 2.05 bits per heavy atom. The van der Waals surface area contributed by atoms with Crippen molar-refractivity contribution in [1.82, 2.24) is 0 Å². The van der Waals surface area contributed by atoms with E-state index in [1.54, 1.807) is 42.5 Å². The van der Waals surface area contributed by atoms with Crippen molar-refractivity contribution in [3.63, 3.8) is 0 Å². The standard InChI is InChI=1S/C17H13NO4/c18-8-11-1-3-12(4-2-11)15(19)9-21-13-5-6-14-16(20)10-22-17(14)7-13/h1-7,15,19H,9-10H2. The van der Waals surface area contributed by atoms with Gasteiger partial charge in [-0.05, 0) is 29.8 Å². The molecule has 0 saturated heterocycles. The van der Waals surface area contributed by atoms with Crippen molar-refractivity contribution in [3.05, 3.63) is 59.2 Å². The zero-order valence-corrected chi connectivity index (χ0v) is 11.7. The van der Waals surface area contributed by atoms with Crippen LogP contribution >= 0.6 is 0 Å². The Kier molecular flexibility index (Phi) is 3.77. The summed E-state index contributed by atoms with van der Waals surface area (Å²) in [6.07, 6.45) is -0.802. The van der Waals surface area contributed by atoms with Gasteiger partial charge < -0.3 is 14.6 Å². The van der Waals surface area contributed by atoms with Gasteiger partial charge in [-0.2, -0.15) is 5.26 Å². The highest BCUT2D eigenvalue weighted by Gasteiger charge is 2.21. The fourth-order valence-corrected chi connectivity index (χ4v) is 2.21. The number of aliphatic hydroxyl groups excluding tert-OH is 1. The van der Waals surface area contributed by atoms with E-state index in [2.05, 4.69) is 0 Å². The molecule has 0 aliphatic carbocycles. The molecule has 2 aromatic rings. The monoisotopic (exact) mass is 295 g/mol. The summed E-state index contributed by atoms with van der Waals surface area (Å²) in [6.45, 7) is 0.130. The molecule has 5 heteroatoms. The van der Waals surface area contributed by atoms with Crippen LogP contribution in [0.3, 0.4) is 0 Å². The second-order valence-electron chi connectivity index (χ2n) is 4.93. The quantitative estimate of drug-likeness (QED) is 0.935. The lowest BCUT2D eigenvalue weighted by molar-refractivity contribution is 0.0961. The number of nitriles is 1. The predicted molar refractivity (Wildman–Crippen MR) is 77.9 cm³/mol. The Morgan fingerprint density at radius 3 is 2.77 bits per heavy atom. The summed E-state index contributed by atoms with van der Waals surface area (Å²) in [7, 11) is 0. The summed E-state index contributed by atoms with van der Waals surface area (Å²) in [6, 6.07) is 13.7. The number of carbonyl (C=O) groups excluding carboxylic acids is 1. The molecule has 0 saturated carbocycles. The Bertz CT molecular complexity index is 746. The smallest absolute Gasteiger partial charge is 0.203 e. The second kappa shape index (κ2) is 5.88. The number of ether oxygens (including phenoxy) is 2. The minimum Gasteiger partial charge on any atom is -0.490 e. The van der Waals surface area contributed by atoms with Gasteiger partial charge >= 0.3 is 0 Å². The third-order valence-electron chi connectivity index (χ3n) is 3.44. The van der Waals surface area contributed by atoms with Crippen molar-refractivity contribution in [1.29, 1.82) is 5.26 Å². The van der Waals surface area contributed by atoms with Crippen molar-refractivity contribution in [2.45, 2.75) is 6.10 Å². The first-order chi connectivity index (χ1) is 10.7. The van der Waals surface area contributed by atoms with Crippen LogP contribution in [0.5, 0.6) is 11.5 Å². The third kappa shape index (κ3) is 2.78. The van der Waals surface area contributed by atoms with Crippen LogP contribution in [-0.2, 0) is 0 Å². The average molecular weight is 295 g/mol. The molecule has 0 aromatic heterocycles. The van der Waals surface area contributed by atoms with Crippen molar-refractivity contribution < 1.29 is 19.4 Å². The largest absolute Gasteiger partial charge is 0.490 e. The van der Waals surface area contributed by atoms with Crippen LogP contribution in [-0.4, -0.2) is 24.1 Å². The topological polar surface area (TPSA) is 79.6 Å². The zero-order valence-electron chi connectivity index (χ0n) is 11.7. The summed E-state index contributed by atoms with van der Waals surface area (Å²) in [5.41, 5.74) is 1.77. The molecule has 0 fully saturated rings. The first kappa shape index (κ1) is 14.1. The molecule has 5 nitrogen and oxygen atoms in total. The number of nitrogens with zero attached hydrogens (tertiary/aromatic N) is 1. The van der Waals surface area contributed by atoms with Gasteiger partial charge in [0.2, 0.25) is 5.78 Å². The molecule has 22 heavy (non-hydrogen) atoms. The Labute approximate surface area is 127 Å². The molecule has 0 bridgehead atoms. The van der Waals surface area contributed by atoms with E-state index in [1.165, 1.54) is 0 Å².